The summed E-state index contributed by atoms with van der Waals surface area (Å²) in [6.45, 7) is 3.75. The molecule has 1 unspecified atom stereocenters. The van der Waals surface area contributed by atoms with Crippen molar-refractivity contribution in [2.75, 3.05) is 6.26 Å². The van der Waals surface area contributed by atoms with Gasteiger partial charge >= 0.3 is 0 Å². The van der Waals surface area contributed by atoms with Crippen molar-refractivity contribution in [1.82, 2.24) is 9.55 Å². The molecule has 0 aliphatic rings. The third-order valence-corrected chi connectivity index (χ3v) is 7.57. The van der Waals surface area contributed by atoms with Crippen LogP contribution in [-0.4, -0.2) is 30.5 Å². The summed E-state index contributed by atoms with van der Waals surface area (Å²) < 4.78 is 25.8. The fourth-order valence-electron chi connectivity index (χ4n) is 3.75. The highest BCUT2D eigenvalue weighted by atomic mass is 35.5. The predicted molar refractivity (Wildman–Crippen MR) is 137 cm³/mol. The Balaban J connectivity index is 1.86. The molecule has 0 aliphatic heterocycles. The van der Waals surface area contributed by atoms with Crippen LogP contribution in [0, 0.1) is 6.92 Å². The van der Waals surface area contributed by atoms with Crippen LogP contribution in [0.4, 0.5) is 0 Å². The molecule has 3 aromatic carbocycles. The van der Waals surface area contributed by atoms with E-state index in [2.05, 4.69) is 0 Å². The predicted octanol–water partition coefficient (Wildman–Crippen LogP) is 6.53. The minimum Gasteiger partial charge on any atom is -0.303 e. The average Bonchev–Trinajstić information content (AvgIpc) is 3.24. The van der Waals surface area contributed by atoms with Crippen molar-refractivity contribution >= 4 is 39.3 Å². The zero-order chi connectivity index (χ0) is 24.6. The third-order valence-electron chi connectivity index (χ3n) is 5.64. The topological polar surface area (TPSA) is 69.0 Å². The number of aromatic nitrogens is 2. The van der Waals surface area contributed by atoms with E-state index in [1.165, 1.54) is 6.26 Å². The number of nitrogens with zero attached hydrogens (tertiary/aromatic N) is 2. The second-order valence-electron chi connectivity index (χ2n) is 8.19. The summed E-state index contributed by atoms with van der Waals surface area (Å²) in [4.78, 5) is 16.4. The van der Waals surface area contributed by atoms with Crippen molar-refractivity contribution in [3.63, 3.8) is 0 Å². The molecule has 5 nitrogen and oxygen atoms in total. The molecule has 8 heteroatoms. The Labute approximate surface area is 208 Å². The SMILES string of the molecule is Cc1cc(-c2cccc(S(C)(=O)=O)c2)ccc1-n1cc(C(C)C=O)nc1-c1cccc(Cl)c1Cl. The molecule has 34 heavy (non-hydrogen) atoms. The number of carbonyl (C=O) groups is 1. The van der Waals surface area contributed by atoms with Crippen LogP contribution < -0.4 is 0 Å². The lowest BCUT2D eigenvalue weighted by Gasteiger charge is -2.14. The van der Waals surface area contributed by atoms with Crippen molar-refractivity contribution in [2.24, 2.45) is 0 Å². The van der Waals surface area contributed by atoms with Gasteiger partial charge in [-0.05, 0) is 60.0 Å². The van der Waals surface area contributed by atoms with Gasteiger partial charge in [-0.2, -0.15) is 0 Å². The Morgan fingerprint density at radius 3 is 2.38 bits per heavy atom. The summed E-state index contributed by atoms with van der Waals surface area (Å²) in [5, 5.41) is 0.796. The van der Waals surface area contributed by atoms with Gasteiger partial charge in [-0.25, -0.2) is 13.4 Å². The average molecular weight is 513 g/mol. The summed E-state index contributed by atoms with van der Waals surface area (Å²) in [5.74, 6) is 0.183. The van der Waals surface area contributed by atoms with E-state index in [1.54, 1.807) is 37.3 Å². The molecule has 1 atom stereocenters. The lowest BCUT2D eigenvalue weighted by atomic mass is 10.0. The molecule has 0 spiro atoms. The van der Waals surface area contributed by atoms with E-state index in [1.807, 2.05) is 48.0 Å². The van der Waals surface area contributed by atoms with Crippen molar-refractivity contribution in [3.8, 4) is 28.2 Å². The van der Waals surface area contributed by atoms with Crippen LogP contribution in [0.2, 0.25) is 10.0 Å². The summed E-state index contributed by atoms with van der Waals surface area (Å²) >= 11 is 12.8. The highest BCUT2D eigenvalue weighted by molar-refractivity contribution is 7.90. The number of hydrogen-bond acceptors (Lipinski definition) is 4. The second kappa shape index (κ2) is 9.37. The van der Waals surface area contributed by atoms with Crippen molar-refractivity contribution in [2.45, 2.75) is 24.7 Å². The smallest absolute Gasteiger partial charge is 0.175 e. The van der Waals surface area contributed by atoms with Crippen molar-refractivity contribution in [3.05, 3.63) is 88.2 Å². The third kappa shape index (κ3) is 4.67. The Morgan fingerprint density at radius 1 is 1.00 bits per heavy atom. The molecule has 1 heterocycles. The molecule has 0 fully saturated rings. The summed E-state index contributed by atoms with van der Waals surface area (Å²) in [7, 11) is -3.31. The molecule has 4 rings (SSSR count). The molecule has 0 N–H and O–H groups in total. The van der Waals surface area contributed by atoms with Gasteiger partial charge in [0.25, 0.3) is 0 Å². The molecule has 0 amide bonds. The number of halogens is 2. The van der Waals surface area contributed by atoms with Crippen LogP contribution in [-0.2, 0) is 14.6 Å². The molecule has 0 radical (unpaired) electrons. The zero-order valence-corrected chi connectivity index (χ0v) is 21.1. The maximum absolute atomic E-state index is 12.0. The van der Waals surface area contributed by atoms with Crippen LogP contribution in [0.25, 0.3) is 28.2 Å². The maximum atomic E-state index is 12.0. The van der Waals surface area contributed by atoms with Crippen LogP contribution >= 0.6 is 23.2 Å². The minimum absolute atomic E-state index is 0.270. The van der Waals surface area contributed by atoms with Gasteiger partial charge in [-0.15, -0.1) is 0 Å². The van der Waals surface area contributed by atoms with E-state index in [9.17, 15) is 13.2 Å². The van der Waals surface area contributed by atoms with Gasteiger partial charge in [-0.3, -0.25) is 4.57 Å². The number of imidazole rings is 1. The molecule has 4 aromatic rings. The van der Waals surface area contributed by atoms with Gasteiger partial charge in [0, 0.05) is 18.0 Å². The quantitative estimate of drug-likeness (QED) is 0.275. The van der Waals surface area contributed by atoms with Gasteiger partial charge in [-0.1, -0.05) is 54.4 Å². The maximum Gasteiger partial charge on any atom is 0.175 e. The monoisotopic (exact) mass is 512 g/mol. The standard InChI is InChI=1S/C26H22Cl2N2O3S/c1-16-12-19(18-6-4-7-20(13-18)34(3,32)33)10-11-24(16)30-14-23(17(2)15-31)29-26(30)21-8-5-9-22(27)25(21)28/h4-15,17H,1-3H3. The number of benzene rings is 3. The van der Waals surface area contributed by atoms with Crippen LogP contribution in [0.15, 0.2) is 71.8 Å². The van der Waals surface area contributed by atoms with Crippen LogP contribution in [0.3, 0.4) is 0 Å². The summed E-state index contributed by atoms with van der Waals surface area (Å²) in [6.07, 6.45) is 3.87. The van der Waals surface area contributed by atoms with E-state index >= 15 is 0 Å². The summed E-state index contributed by atoms with van der Waals surface area (Å²) in [6, 6.07) is 18.1. The number of rotatable bonds is 6. The molecule has 0 aliphatic carbocycles. The molecular formula is C26H22Cl2N2O3S. The van der Waals surface area contributed by atoms with E-state index in [0.717, 1.165) is 28.7 Å². The normalized spacial score (nSPS) is 12.5. The molecule has 174 valence electrons. The highest BCUT2D eigenvalue weighted by Crippen LogP contribution is 2.36. The van der Waals surface area contributed by atoms with Gasteiger partial charge in [0.15, 0.2) is 9.84 Å². The number of carbonyl (C=O) groups excluding carboxylic acids is 1. The molecule has 1 aromatic heterocycles. The molecular weight excluding hydrogens is 491 g/mol. The van der Waals surface area contributed by atoms with Crippen molar-refractivity contribution < 1.29 is 13.2 Å². The van der Waals surface area contributed by atoms with Gasteiger partial charge < -0.3 is 4.79 Å². The first kappa shape index (κ1) is 24.2. The van der Waals surface area contributed by atoms with Gasteiger partial charge in [0.2, 0.25) is 0 Å². The summed E-state index contributed by atoms with van der Waals surface area (Å²) in [5.41, 5.74) is 4.75. The zero-order valence-electron chi connectivity index (χ0n) is 18.8. The number of sulfone groups is 1. The van der Waals surface area contributed by atoms with Gasteiger partial charge in [0.05, 0.1) is 32.2 Å². The van der Waals surface area contributed by atoms with Crippen molar-refractivity contribution in [1.29, 1.82) is 0 Å². The first-order valence-electron chi connectivity index (χ1n) is 10.5. The first-order chi connectivity index (χ1) is 16.1. The number of aryl methyl sites for hydroxylation is 1. The Kier molecular flexibility index (Phi) is 6.67. The Morgan fingerprint density at radius 2 is 1.71 bits per heavy atom. The van der Waals surface area contributed by atoms with Gasteiger partial charge in [0.1, 0.15) is 12.1 Å². The lowest BCUT2D eigenvalue weighted by molar-refractivity contribution is -0.108. The van der Waals surface area contributed by atoms with E-state index in [0.29, 0.717) is 27.1 Å². The Bertz CT molecular complexity index is 1510. The number of aldehydes is 1. The van der Waals surface area contributed by atoms with Crippen LogP contribution in [0.5, 0.6) is 0 Å². The Hall–Kier alpha value is -2.93. The molecule has 0 saturated carbocycles. The highest BCUT2D eigenvalue weighted by Gasteiger charge is 2.20. The van der Waals surface area contributed by atoms with E-state index in [-0.39, 0.29) is 4.90 Å². The number of hydrogen-bond donors (Lipinski definition) is 0. The second-order valence-corrected chi connectivity index (χ2v) is 11.0. The fraction of sp³-hybridized carbons (Fsp3) is 0.154. The van der Waals surface area contributed by atoms with Crippen LogP contribution in [0.1, 0.15) is 24.1 Å². The minimum atomic E-state index is -3.31. The van der Waals surface area contributed by atoms with E-state index in [4.69, 9.17) is 28.2 Å². The molecule has 0 bridgehead atoms. The largest absolute Gasteiger partial charge is 0.303 e. The first-order valence-corrected chi connectivity index (χ1v) is 13.2. The lowest BCUT2D eigenvalue weighted by Crippen LogP contribution is -2.00. The molecule has 0 saturated heterocycles. The fourth-order valence-corrected chi connectivity index (χ4v) is 4.80. The van der Waals surface area contributed by atoms with E-state index < -0.39 is 15.8 Å².